The summed E-state index contributed by atoms with van der Waals surface area (Å²) in [6.45, 7) is 4.10. The summed E-state index contributed by atoms with van der Waals surface area (Å²) in [5.74, 6) is 0.412. The molecular weight excluding hydrogens is 243 g/mol. The SMILES string of the molecule is CCCNCc1ccnc(OCC2CCCC2)c1F. The maximum atomic E-state index is 14.1. The molecule has 106 valence electrons. The van der Waals surface area contributed by atoms with Gasteiger partial charge in [-0.15, -0.1) is 0 Å². The van der Waals surface area contributed by atoms with Gasteiger partial charge in [0.2, 0.25) is 0 Å². The number of hydrogen-bond acceptors (Lipinski definition) is 3. The van der Waals surface area contributed by atoms with E-state index in [1.807, 2.05) is 0 Å². The fourth-order valence-corrected chi connectivity index (χ4v) is 2.47. The minimum absolute atomic E-state index is 0.155. The fourth-order valence-electron chi connectivity index (χ4n) is 2.47. The fraction of sp³-hybridized carbons (Fsp3) is 0.667. The van der Waals surface area contributed by atoms with Crippen molar-refractivity contribution in [3.8, 4) is 5.88 Å². The van der Waals surface area contributed by atoms with Gasteiger partial charge in [0.05, 0.1) is 6.61 Å². The number of aromatic nitrogens is 1. The first-order valence-corrected chi connectivity index (χ1v) is 7.28. The zero-order valence-electron chi connectivity index (χ0n) is 11.6. The summed E-state index contributed by atoms with van der Waals surface area (Å²) >= 11 is 0. The van der Waals surface area contributed by atoms with E-state index in [2.05, 4.69) is 17.2 Å². The van der Waals surface area contributed by atoms with Crippen LogP contribution in [0.25, 0.3) is 0 Å². The standard InChI is InChI=1S/C15H23FN2O/c1-2-8-17-10-13-7-9-18-15(14(13)16)19-11-12-5-3-4-6-12/h7,9,12,17H,2-6,8,10-11H2,1H3. The lowest BCUT2D eigenvalue weighted by Gasteiger charge is -2.12. The van der Waals surface area contributed by atoms with Gasteiger partial charge in [-0.1, -0.05) is 19.8 Å². The molecule has 1 saturated carbocycles. The van der Waals surface area contributed by atoms with E-state index in [1.54, 1.807) is 12.3 Å². The van der Waals surface area contributed by atoms with Crippen molar-refractivity contribution >= 4 is 0 Å². The molecule has 1 aliphatic rings. The quantitative estimate of drug-likeness (QED) is 0.769. The molecule has 1 aromatic heterocycles. The molecule has 1 aliphatic carbocycles. The Labute approximate surface area is 114 Å². The van der Waals surface area contributed by atoms with Crippen LogP contribution in [-0.2, 0) is 6.54 Å². The van der Waals surface area contributed by atoms with Crippen LogP contribution in [0.4, 0.5) is 4.39 Å². The summed E-state index contributed by atoms with van der Waals surface area (Å²) in [6.07, 6.45) is 7.59. The van der Waals surface area contributed by atoms with Crippen molar-refractivity contribution in [2.75, 3.05) is 13.2 Å². The van der Waals surface area contributed by atoms with Crippen molar-refractivity contribution in [2.24, 2.45) is 5.92 Å². The molecule has 1 fully saturated rings. The number of ether oxygens (including phenoxy) is 1. The number of nitrogens with one attached hydrogen (secondary N) is 1. The number of rotatable bonds is 7. The average Bonchev–Trinajstić information content (AvgIpc) is 2.93. The van der Waals surface area contributed by atoms with E-state index in [-0.39, 0.29) is 11.7 Å². The Bertz CT molecular complexity index is 392. The van der Waals surface area contributed by atoms with E-state index in [9.17, 15) is 4.39 Å². The van der Waals surface area contributed by atoms with Gasteiger partial charge < -0.3 is 10.1 Å². The first-order valence-electron chi connectivity index (χ1n) is 7.28. The minimum Gasteiger partial charge on any atom is -0.475 e. The monoisotopic (exact) mass is 266 g/mol. The zero-order valence-corrected chi connectivity index (χ0v) is 11.6. The van der Waals surface area contributed by atoms with Crippen LogP contribution in [0, 0.1) is 11.7 Å². The Morgan fingerprint density at radius 3 is 2.95 bits per heavy atom. The lowest BCUT2D eigenvalue weighted by molar-refractivity contribution is 0.232. The van der Waals surface area contributed by atoms with Gasteiger partial charge in [0.25, 0.3) is 5.88 Å². The number of halogens is 1. The van der Waals surface area contributed by atoms with Crippen molar-refractivity contribution in [3.05, 3.63) is 23.6 Å². The molecule has 1 N–H and O–H groups in total. The predicted octanol–water partition coefficient (Wildman–Crippen LogP) is 3.29. The Hall–Kier alpha value is -1.16. The number of nitrogens with zero attached hydrogens (tertiary/aromatic N) is 1. The molecule has 1 aromatic rings. The molecular formula is C15H23FN2O. The molecule has 0 bridgehead atoms. The highest BCUT2D eigenvalue weighted by molar-refractivity contribution is 5.23. The van der Waals surface area contributed by atoms with Crippen LogP contribution in [0.2, 0.25) is 0 Å². The Balaban J connectivity index is 1.90. The third-order valence-corrected chi connectivity index (χ3v) is 3.61. The molecule has 2 rings (SSSR count). The van der Waals surface area contributed by atoms with Crippen molar-refractivity contribution in [2.45, 2.75) is 45.6 Å². The van der Waals surface area contributed by atoms with E-state index in [0.29, 0.717) is 24.6 Å². The van der Waals surface area contributed by atoms with Crippen molar-refractivity contribution in [3.63, 3.8) is 0 Å². The molecule has 0 radical (unpaired) electrons. The first kappa shape index (κ1) is 14.3. The van der Waals surface area contributed by atoms with E-state index in [1.165, 1.54) is 25.7 Å². The smallest absolute Gasteiger partial charge is 0.250 e. The highest BCUT2D eigenvalue weighted by Gasteiger charge is 2.17. The maximum Gasteiger partial charge on any atom is 0.250 e. The molecule has 0 aliphatic heterocycles. The van der Waals surface area contributed by atoms with Crippen LogP contribution in [0.15, 0.2) is 12.3 Å². The molecule has 0 saturated heterocycles. The lowest BCUT2D eigenvalue weighted by atomic mass is 10.1. The molecule has 19 heavy (non-hydrogen) atoms. The van der Waals surface area contributed by atoms with Crippen LogP contribution in [0.3, 0.4) is 0 Å². The van der Waals surface area contributed by atoms with E-state index in [0.717, 1.165) is 13.0 Å². The third-order valence-electron chi connectivity index (χ3n) is 3.61. The predicted molar refractivity (Wildman–Crippen MR) is 73.6 cm³/mol. The summed E-state index contributed by atoms with van der Waals surface area (Å²) in [7, 11) is 0. The third kappa shape index (κ3) is 4.16. The Morgan fingerprint density at radius 1 is 1.42 bits per heavy atom. The molecule has 4 heteroatoms. The minimum atomic E-state index is -0.316. The topological polar surface area (TPSA) is 34.2 Å². The van der Waals surface area contributed by atoms with Gasteiger partial charge in [0.1, 0.15) is 0 Å². The average molecular weight is 266 g/mol. The molecule has 0 aromatic carbocycles. The second-order valence-corrected chi connectivity index (χ2v) is 5.23. The first-order chi connectivity index (χ1) is 9.31. The summed E-state index contributed by atoms with van der Waals surface area (Å²) in [5.41, 5.74) is 0.630. The van der Waals surface area contributed by atoms with Gasteiger partial charge in [-0.3, -0.25) is 0 Å². The second kappa shape index (κ2) is 7.43. The second-order valence-electron chi connectivity index (χ2n) is 5.23. The van der Waals surface area contributed by atoms with E-state index < -0.39 is 0 Å². The summed E-state index contributed by atoms with van der Waals surface area (Å²) in [4.78, 5) is 4.00. The van der Waals surface area contributed by atoms with Gasteiger partial charge in [-0.05, 0) is 37.8 Å². The summed E-state index contributed by atoms with van der Waals surface area (Å²) < 4.78 is 19.7. The largest absolute Gasteiger partial charge is 0.475 e. The summed E-state index contributed by atoms with van der Waals surface area (Å²) in [5, 5.41) is 3.19. The lowest BCUT2D eigenvalue weighted by Crippen LogP contribution is -2.16. The van der Waals surface area contributed by atoms with Crippen molar-refractivity contribution in [1.29, 1.82) is 0 Å². The highest BCUT2D eigenvalue weighted by Crippen LogP contribution is 2.26. The van der Waals surface area contributed by atoms with Gasteiger partial charge in [-0.2, -0.15) is 0 Å². The van der Waals surface area contributed by atoms with Gasteiger partial charge in [0, 0.05) is 18.3 Å². The van der Waals surface area contributed by atoms with Gasteiger partial charge >= 0.3 is 0 Å². The van der Waals surface area contributed by atoms with Gasteiger partial charge in [0.15, 0.2) is 5.82 Å². The van der Waals surface area contributed by atoms with Crippen LogP contribution < -0.4 is 10.1 Å². The summed E-state index contributed by atoms with van der Waals surface area (Å²) in [6, 6.07) is 1.71. The van der Waals surface area contributed by atoms with Crippen molar-refractivity contribution < 1.29 is 9.13 Å². The Morgan fingerprint density at radius 2 is 2.21 bits per heavy atom. The van der Waals surface area contributed by atoms with Crippen LogP contribution >= 0.6 is 0 Å². The van der Waals surface area contributed by atoms with Crippen LogP contribution in [-0.4, -0.2) is 18.1 Å². The normalized spacial score (nSPS) is 15.9. The molecule has 0 amide bonds. The van der Waals surface area contributed by atoms with Crippen LogP contribution in [0.1, 0.15) is 44.6 Å². The Kier molecular flexibility index (Phi) is 5.58. The number of hydrogen-bond donors (Lipinski definition) is 1. The van der Waals surface area contributed by atoms with Crippen molar-refractivity contribution in [1.82, 2.24) is 10.3 Å². The molecule has 1 heterocycles. The number of pyridine rings is 1. The van der Waals surface area contributed by atoms with Gasteiger partial charge in [-0.25, -0.2) is 9.37 Å². The molecule has 3 nitrogen and oxygen atoms in total. The zero-order chi connectivity index (χ0) is 13.5. The van der Waals surface area contributed by atoms with E-state index >= 15 is 0 Å². The van der Waals surface area contributed by atoms with E-state index in [4.69, 9.17) is 4.74 Å². The molecule has 0 unspecified atom stereocenters. The maximum absolute atomic E-state index is 14.1. The highest BCUT2D eigenvalue weighted by atomic mass is 19.1. The molecule has 0 atom stereocenters. The molecule has 0 spiro atoms. The van der Waals surface area contributed by atoms with Crippen LogP contribution in [0.5, 0.6) is 5.88 Å².